The summed E-state index contributed by atoms with van der Waals surface area (Å²) in [6.07, 6.45) is 0.381. The number of halogens is 1. The van der Waals surface area contributed by atoms with Crippen LogP contribution in [-0.2, 0) is 4.79 Å². The Bertz CT molecular complexity index is 520. The van der Waals surface area contributed by atoms with Crippen LogP contribution in [0.1, 0.15) is 18.0 Å². The van der Waals surface area contributed by atoms with Gasteiger partial charge >= 0.3 is 5.97 Å². The van der Waals surface area contributed by atoms with Crippen LogP contribution in [0.3, 0.4) is 0 Å². The molecule has 102 valence electrons. The van der Waals surface area contributed by atoms with Crippen LogP contribution < -0.4 is 14.8 Å². The van der Waals surface area contributed by atoms with Crippen LogP contribution in [0.4, 0.5) is 4.39 Å². The summed E-state index contributed by atoms with van der Waals surface area (Å²) < 4.78 is 24.9. The van der Waals surface area contributed by atoms with Gasteiger partial charge in [-0.15, -0.1) is 0 Å². The van der Waals surface area contributed by atoms with E-state index in [1.807, 2.05) is 0 Å². The second-order valence-electron chi connectivity index (χ2n) is 4.72. The van der Waals surface area contributed by atoms with Crippen molar-refractivity contribution in [3.63, 3.8) is 0 Å². The van der Waals surface area contributed by atoms with Gasteiger partial charge in [0.1, 0.15) is 13.2 Å². The van der Waals surface area contributed by atoms with Crippen molar-refractivity contribution < 1.29 is 23.8 Å². The van der Waals surface area contributed by atoms with Crippen LogP contribution in [0.2, 0.25) is 0 Å². The fraction of sp³-hybridized carbons (Fsp3) is 0.462. The highest BCUT2D eigenvalue weighted by Gasteiger charge is 2.33. The molecule has 1 aromatic carbocycles. The average molecular weight is 267 g/mol. The van der Waals surface area contributed by atoms with Crippen LogP contribution in [0.5, 0.6) is 11.5 Å². The summed E-state index contributed by atoms with van der Waals surface area (Å²) in [5.74, 6) is -1.25. The second kappa shape index (κ2) is 4.70. The van der Waals surface area contributed by atoms with E-state index in [4.69, 9.17) is 14.6 Å². The van der Waals surface area contributed by atoms with Gasteiger partial charge < -0.3 is 19.9 Å². The Hall–Kier alpha value is -1.82. The molecule has 0 radical (unpaired) electrons. The monoisotopic (exact) mass is 267 g/mol. The fourth-order valence-corrected chi connectivity index (χ4v) is 2.53. The molecule has 0 saturated carbocycles. The lowest BCUT2D eigenvalue weighted by atomic mass is 9.99. The highest BCUT2D eigenvalue weighted by molar-refractivity contribution is 5.70. The molecule has 2 heterocycles. The Labute approximate surface area is 109 Å². The zero-order chi connectivity index (χ0) is 13.4. The molecule has 2 N–H and O–H groups in total. The van der Waals surface area contributed by atoms with Crippen molar-refractivity contribution >= 4 is 5.97 Å². The zero-order valence-electron chi connectivity index (χ0n) is 10.2. The molecule has 2 aliphatic rings. The predicted molar refractivity (Wildman–Crippen MR) is 63.9 cm³/mol. The first kappa shape index (κ1) is 12.2. The number of benzene rings is 1. The van der Waals surface area contributed by atoms with E-state index in [1.54, 1.807) is 12.1 Å². The third-order valence-corrected chi connectivity index (χ3v) is 3.53. The van der Waals surface area contributed by atoms with Crippen molar-refractivity contribution in [3.8, 4) is 11.5 Å². The van der Waals surface area contributed by atoms with E-state index in [0.29, 0.717) is 37.5 Å². The van der Waals surface area contributed by atoms with Gasteiger partial charge in [-0.3, -0.25) is 4.79 Å². The van der Waals surface area contributed by atoms with E-state index in [1.165, 1.54) is 0 Å². The average Bonchev–Trinajstić information content (AvgIpc) is 2.89. The van der Waals surface area contributed by atoms with Crippen LogP contribution in [0.15, 0.2) is 12.1 Å². The Morgan fingerprint density at radius 1 is 1.37 bits per heavy atom. The molecule has 2 aliphatic heterocycles. The number of carbonyl (C=O) groups is 1. The van der Waals surface area contributed by atoms with E-state index < -0.39 is 17.7 Å². The largest absolute Gasteiger partial charge is 0.486 e. The van der Waals surface area contributed by atoms with Crippen molar-refractivity contribution in [2.45, 2.75) is 12.5 Å². The van der Waals surface area contributed by atoms with E-state index in [9.17, 15) is 9.18 Å². The summed E-state index contributed by atoms with van der Waals surface area (Å²) in [5, 5.41) is 12.0. The smallest absolute Gasteiger partial charge is 0.307 e. The van der Waals surface area contributed by atoms with Crippen molar-refractivity contribution in [1.82, 2.24) is 5.32 Å². The number of rotatable bonds is 2. The molecule has 19 heavy (non-hydrogen) atoms. The maximum atomic E-state index is 14.3. The molecule has 2 atom stereocenters. The number of carboxylic acids is 1. The first-order valence-electron chi connectivity index (χ1n) is 6.21. The lowest BCUT2D eigenvalue weighted by Crippen LogP contribution is -2.19. The highest BCUT2D eigenvalue weighted by atomic mass is 19.1. The molecule has 3 rings (SSSR count). The Kier molecular flexibility index (Phi) is 3.02. The Morgan fingerprint density at radius 2 is 2.16 bits per heavy atom. The SMILES string of the molecule is O=C(O)C1CNC(c2ccc3c(c2F)OCCO3)C1. The molecule has 0 aliphatic carbocycles. The van der Waals surface area contributed by atoms with Gasteiger partial charge in [0.25, 0.3) is 0 Å². The van der Waals surface area contributed by atoms with Gasteiger partial charge in [-0.25, -0.2) is 4.39 Å². The number of aliphatic carboxylic acids is 1. The minimum absolute atomic E-state index is 0.129. The maximum absolute atomic E-state index is 14.3. The first-order chi connectivity index (χ1) is 9.16. The van der Waals surface area contributed by atoms with Gasteiger partial charge in [0.2, 0.25) is 0 Å². The van der Waals surface area contributed by atoms with Crippen LogP contribution >= 0.6 is 0 Å². The highest BCUT2D eigenvalue weighted by Crippen LogP contribution is 2.39. The molecule has 1 saturated heterocycles. The van der Waals surface area contributed by atoms with Crippen LogP contribution in [0, 0.1) is 11.7 Å². The van der Waals surface area contributed by atoms with Crippen molar-refractivity contribution in [2.24, 2.45) is 5.92 Å². The number of carboxylic acid groups (broad SMARTS) is 1. The summed E-state index contributed by atoms with van der Waals surface area (Å²) in [5.41, 5.74) is 0.438. The summed E-state index contributed by atoms with van der Waals surface area (Å²) in [7, 11) is 0. The molecule has 0 spiro atoms. The van der Waals surface area contributed by atoms with Gasteiger partial charge in [0.05, 0.1) is 5.92 Å². The van der Waals surface area contributed by atoms with E-state index in [-0.39, 0.29) is 11.8 Å². The molecule has 1 aromatic rings. The minimum atomic E-state index is -0.854. The van der Waals surface area contributed by atoms with Crippen molar-refractivity contribution in [3.05, 3.63) is 23.5 Å². The molecular formula is C13H14FNO4. The van der Waals surface area contributed by atoms with Gasteiger partial charge in [-0.05, 0) is 12.5 Å². The van der Waals surface area contributed by atoms with E-state index >= 15 is 0 Å². The predicted octanol–water partition coefficient (Wildman–Crippen LogP) is 1.33. The molecule has 6 heteroatoms. The standard InChI is InChI=1S/C13H14FNO4/c14-11-8(9-5-7(6-15-9)13(16)17)1-2-10-12(11)19-4-3-18-10/h1-2,7,9,15H,3-6H2,(H,16,17). The van der Waals surface area contributed by atoms with Crippen molar-refractivity contribution in [2.75, 3.05) is 19.8 Å². The maximum Gasteiger partial charge on any atom is 0.307 e. The molecule has 2 unspecified atom stereocenters. The molecule has 1 fully saturated rings. The summed E-state index contributed by atoms with van der Waals surface area (Å²) >= 11 is 0. The van der Waals surface area contributed by atoms with Gasteiger partial charge in [-0.1, -0.05) is 6.07 Å². The van der Waals surface area contributed by atoms with E-state index in [2.05, 4.69) is 5.32 Å². The van der Waals surface area contributed by atoms with Crippen molar-refractivity contribution in [1.29, 1.82) is 0 Å². The molecule has 0 aromatic heterocycles. The van der Waals surface area contributed by atoms with Crippen LogP contribution in [-0.4, -0.2) is 30.8 Å². The van der Waals surface area contributed by atoms with Gasteiger partial charge in [-0.2, -0.15) is 0 Å². The lowest BCUT2D eigenvalue weighted by molar-refractivity contribution is -0.141. The summed E-state index contributed by atoms with van der Waals surface area (Å²) in [6.45, 7) is 1.09. The Morgan fingerprint density at radius 3 is 2.89 bits per heavy atom. The number of ether oxygens (including phenoxy) is 2. The summed E-state index contributed by atoms with van der Waals surface area (Å²) in [6, 6.07) is 3.00. The number of fused-ring (bicyclic) bond motifs is 1. The minimum Gasteiger partial charge on any atom is -0.486 e. The van der Waals surface area contributed by atoms with Crippen LogP contribution in [0.25, 0.3) is 0 Å². The quantitative estimate of drug-likeness (QED) is 0.846. The first-order valence-corrected chi connectivity index (χ1v) is 6.21. The lowest BCUT2D eigenvalue weighted by Gasteiger charge is -2.21. The number of hydrogen-bond donors (Lipinski definition) is 2. The summed E-state index contributed by atoms with van der Waals surface area (Å²) in [4.78, 5) is 10.9. The van der Waals surface area contributed by atoms with Gasteiger partial charge in [0.15, 0.2) is 17.3 Å². The molecule has 0 amide bonds. The third kappa shape index (κ3) is 2.12. The van der Waals surface area contributed by atoms with Gasteiger partial charge in [0, 0.05) is 18.2 Å². The Balaban J connectivity index is 1.88. The zero-order valence-corrected chi connectivity index (χ0v) is 10.2. The number of nitrogens with one attached hydrogen (secondary N) is 1. The molecule has 0 bridgehead atoms. The normalized spacial score (nSPS) is 25.3. The molecule has 5 nitrogen and oxygen atoms in total. The molecular weight excluding hydrogens is 253 g/mol. The fourth-order valence-electron chi connectivity index (χ4n) is 2.53. The van der Waals surface area contributed by atoms with E-state index in [0.717, 1.165) is 0 Å². The third-order valence-electron chi connectivity index (χ3n) is 3.53. The second-order valence-corrected chi connectivity index (χ2v) is 4.72. The number of hydrogen-bond acceptors (Lipinski definition) is 4. The topological polar surface area (TPSA) is 67.8 Å².